The molecule has 3 rings (SSSR count). The lowest BCUT2D eigenvalue weighted by Gasteiger charge is -2.08. The molecule has 0 aliphatic carbocycles. The number of carbonyl (C=O) groups is 2. The number of amides is 2. The van der Waals surface area contributed by atoms with E-state index in [4.69, 9.17) is 9.47 Å². The van der Waals surface area contributed by atoms with Gasteiger partial charge in [-0.05, 0) is 36.1 Å². The average Bonchev–Trinajstić information content (AvgIpc) is 3.16. The number of rotatable bonds is 4. The van der Waals surface area contributed by atoms with Crippen molar-refractivity contribution in [3.8, 4) is 11.5 Å². The first-order valence-corrected chi connectivity index (χ1v) is 9.60. The molecule has 1 saturated heterocycles. The minimum atomic E-state index is -3.01. The van der Waals surface area contributed by atoms with Crippen LogP contribution in [0.5, 0.6) is 11.5 Å². The second kappa shape index (κ2) is 7.14. The molecule has 0 radical (unpaired) electrons. The summed E-state index contributed by atoms with van der Waals surface area (Å²) in [7, 11) is -3.01. The summed E-state index contributed by atoms with van der Waals surface area (Å²) in [4.78, 5) is 23.5. The first-order chi connectivity index (χ1) is 11.9. The molecule has 2 aliphatic heterocycles. The molecule has 2 heterocycles. The van der Waals surface area contributed by atoms with Crippen molar-refractivity contribution in [3.63, 3.8) is 0 Å². The molecule has 9 heteroatoms. The van der Waals surface area contributed by atoms with E-state index in [1.165, 1.54) is 6.08 Å². The van der Waals surface area contributed by atoms with Crippen LogP contribution in [0.1, 0.15) is 18.4 Å². The highest BCUT2D eigenvalue weighted by atomic mass is 32.2. The second-order valence-electron chi connectivity index (χ2n) is 5.96. The number of fused-ring (bicyclic) bond motifs is 1. The van der Waals surface area contributed by atoms with Gasteiger partial charge in [0.15, 0.2) is 21.3 Å². The van der Waals surface area contributed by atoms with E-state index < -0.39 is 21.7 Å². The van der Waals surface area contributed by atoms with Crippen molar-refractivity contribution in [2.24, 2.45) is 5.92 Å². The van der Waals surface area contributed by atoms with Gasteiger partial charge in [0.25, 0.3) is 5.91 Å². The topological polar surface area (TPSA) is 111 Å². The lowest BCUT2D eigenvalue weighted by molar-refractivity contribution is -0.127. The highest BCUT2D eigenvalue weighted by Crippen LogP contribution is 2.32. The Morgan fingerprint density at radius 1 is 1.20 bits per heavy atom. The Kier molecular flexibility index (Phi) is 4.93. The third-order valence-corrected chi connectivity index (χ3v) is 5.79. The van der Waals surface area contributed by atoms with Gasteiger partial charge in [0.05, 0.1) is 11.5 Å². The van der Waals surface area contributed by atoms with Crippen LogP contribution < -0.4 is 20.3 Å². The second-order valence-corrected chi connectivity index (χ2v) is 8.19. The van der Waals surface area contributed by atoms with Crippen LogP contribution in [-0.4, -0.2) is 38.5 Å². The van der Waals surface area contributed by atoms with E-state index in [0.717, 1.165) is 5.56 Å². The minimum Gasteiger partial charge on any atom is -0.454 e. The maximum absolute atomic E-state index is 11.7. The summed E-state index contributed by atoms with van der Waals surface area (Å²) in [5.74, 6) is 0.321. The quantitative estimate of drug-likeness (QED) is 0.589. The van der Waals surface area contributed by atoms with Gasteiger partial charge in [0.1, 0.15) is 0 Å². The van der Waals surface area contributed by atoms with Crippen LogP contribution in [0.3, 0.4) is 0 Å². The lowest BCUT2D eigenvalue weighted by Crippen LogP contribution is -2.41. The monoisotopic (exact) mass is 366 g/mol. The molecule has 1 atom stereocenters. The van der Waals surface area contributed by atoms with E-state index in [-0.39, 0.29) is 30.6 Å². The van der Waals surface area contributed by atoms with Crippen LogP contribution in [0.25, 0.3) is 6.08 Å². The summed E-state index contributed by atoms with van der Waals surface area (Å²) >= 11 is 0. The van der Waals surface area contributed by atoms with Crippen molar-refractivity contribution in [1.29, 1.82) is 0 Å². The fourth-order valence-corrected chi connectivity index (χ4v) is 4.57. The summed E-state index contributed by atoms with van der Waals surface area (Å²) < 4.78 is 33.2. The number of hydrogen-bond donors (Lipinski definition) is 2. The molecule has 0 spiro atoms. The minimum absolute atomic E-state index is 0.0262. The zero-order chi connectivity index (χ0) is 17.9. The molecular formula is C16H18N2O6S. The summed E-state index contributed by atoms with van der Waals surface area (Å²) in [6.07, 6.45) is 3.41. The Bertz CT molecular complexity index is 818. The number of benzene rings is 1. The van der Waals surface area contributed by atoms with Crippen LogP contribution in [-0.2, 0) is 19.4 Å². The molecule has 134 valence electrons. The van der Waals surface area contributed by atoms with E-state index in [1.807, 2.05) is 0 Å². The Morgan fingerprint density at radius 2 is 2.00 bits per heavy atom. The Balaban J connectivity index is 1.44. The summed E-state index contributed by atoms with van der Waals surface area (Å²) in [5, 5.41) is 0. The van der Waals surface area contributed by atoms with Gasteiger partial charge < -0.3 is 9.47 Å². The van der Waals surface area contributed by atoms with Gasteiger partial charge in [0.2, 0.25) is 12.7 Å². The SMILES string of the molecule is O=C(/C=C/c1ccc2c(c1)OCO2)NNC(=O)C[C@@H]1CCS(=O)(=O)C1. The normalized spacial score (nSPS) is 20.6. The first kappa shape index (κ1) is 17.3. The van der Waals surface area contributed by atoms with Crippen LogP contribution in [0, 0.1) is 5.92 Å². The molecule has 1 aromatic rings. The predicted octanol–water partition coefficient (Wildman–Crippen LogP) is 0.401. The van der Waals surface area contributed by atoms with Crippen LogP contribution >= 0.6 is 0 Å². The molecule has 1 fully saturated rings. The van der Waals surface area contributed by atoms with Crippen molar-refractivity contribution in [2.45, 2.75) is 12.8 Å². The first-order valence-electron chi connectivity index (χ1n) is 7.78. The van der Waals surface area contributed by atoms with Gasteiger partial charge in [-0.15, -0.1) is 0 Å². The van der Waals surface area contributed by atoms with Gasteiger partial charge in [-0.1, -0.05) is 6.07 Å². The molecule has 1 aromatic carbocycles. The van der Waals surface area contributed by atoms with Crippen molar-refractivity contribution in [2.75, 3.05) is 18.3 Å². The smallest absolute Gasteiger partial charge is 0.262 e. The summed E-state index contributed by atoms with van der Waals surface area (Å²) in [6, 6.07) is 5.26. The van der Waals surface area contributed by atoms with Gasteiger partial charge in [-0.3, -0.25) is 20.4 Å². The van der Waals surface area contributed by atoms with Crippen molar-refractivity contribution >= 4 is 27.7 Å². The highest BCUT2D eigenvalue weighted by molar-refractivity contribution is 7.91. The Hall–Kier alpha value is -2.55. The lowest BCUT2D eigenvalue weighted by atomic mass is 10.1. The van der Waals surface area contributed by atoms with Crippen LogP contribution in [0.15, 0.2) is 24.3 Å². The van der Waals surface area contributed by atoms with Crippen molar-refractivity contribution in [3.05, 3.63) is 29.8 Å². The van der Waals surface area contributed by atoms with Gasteiger partial charge in [0, 0.05) is 12.5 Å². The van der Waals surface area contributed by atoms with Crippen molar-refractivity contribution in [1.82, 2.24) is 10.9 Å². The van der Waals surface area contributed by atoms with Crippen LogP contribution in [0.4, 0.5) is 0 Å². The molecule has 2 N–H and O–H groups in total. The fourth-order valence-electron chi connectivity index (χ4n) is 2.71. The highest BCUT2D eigenvalue weighted by Gasteiger charge is 2.29. The molecule has 0 bridgehead atoms. The molecule has 0 unspecified atom stereocenters. The standard InChI is InChI=1S/C16H18N2O6S/c19-15(4-2-11-1-3-13-14(7-11)24-10-23-13)17-18-16(20)8-12-5-6-25(21,22)9-12/h1-4,7,12H,5-6,8-10H2,(H,17,19)(H,18,20)/b4-2+/t12-/m0/s1. The molecule has 8 nitrogen and oxygen atoms in total. The third kappa shape index (κ3) is 4.72. The van der Waals surface area contributed by atoms with E-state index in [2.05, 4.69) is 10.9 Å². The maximum atomic E-state index is 11.7. The Labute approximate surface area is 145 Å². The van der Waals surface area contributed by atoms with Crippen molar-refractivity contribution < 1.29 is 27.5 Å². The van der Waals surface area contributed by atoms with E-state index >= 15 is 0 Å². The van der Waals surface area contributed by atoms with E-state index in [0.29, 0.717) is 17.9 Å². The Morgan fingerprint density at radius 3 is 2.76 bits per heavy atom. The number of ether oxygens (including phenoxy) is 2. The molecule has 2 amide bonds. The number of carbonyl (C=O) groups excluding carboxylic acids is 2. The van der Waals surface area contributed by atoms with E-state index in [1.54, 1.807) is 24.3 Å². The van der Waals surface area contributed by atoms with Gasteiger partial charge in [-0.2, -0.15) is 0 Å². The molecule has 0 saturated carbocycles. The van der Waals surface area contributed by atoms with Crippen LogP contribution in [0.2, 0.25) is 0 Å². The third-order valence-electron chi connectivity index (χ3n) is 3.95. The fraction of sp³-hybridized carbons (Fsp3) is 0.375. The number of hydrogen-bond acceptors (Lipinski definition) is 6. The summed E-state index contributed by atoms with van der Waals surface area (Å²) in [6.45, 7) is 0.178. The van der Waals surface area contributed by atoms with Gasteiger partial charge >= 0.3 is 0 Å². The zero-order valence-electron chi connectivity index (χ0n) is 13.4. The predicted molar refractivity (Wildman–Crippen MR) is 89.3 cm³/mol. The number of hydrazine groups is 1. The molecule has 0 aromatic heterocycles. The average molecular weight is 366 g/mol. The number of sulfone groups is 1. The zero-order valence-corrected chi connectivity index (χ0v) is 14.2. The number of nitrogens with one attached hydrogen (secondary N) is 2. The molecular weight excluding hydrogens is 348 g/mol. The maximum Gasteiger partial charge on any atom is 0.262 e. The summed E-state index contributed by atoms with van der Waals surface area (Å²) in [5.41, 5.74) is 5.31. The van der Waals surface area contributed by atoms with Gasteiger partial charge in [-0.25, -0.2) is 8.42 Å². The molecule has 25 heavy (non-hydrogen) atoms. The molecule has 2 aliphatic rings. The van der Waals surface area contributed by atoms with E-state index in [9.17, 15) is 18.0 Å². The largest absolute Gasteiger partial charge is 0.454 e.